The Morgan fingerprint density at radius 3 is 2.58 bits per heavy atom. The zero-order valence-corrected chi connectivity index (χ0v) is 10.9. The van der Waals surface area contributed by atoms with Gasteiger partial charge in [0.05, 0.1) is 6.10 Å². The third-order valence-electron chi connectivity index (χ3n) is 2.34. The number of alkyl carbamates (subject to hydrolysis) is 1. The van der Waals surface area contributed by atoms with Crippen LogP contribution >= 0.6 is 11.6 Å². The Bertz CT molecular complexity index is 463. The molecule has 0 saturated heterocycles. The fourth-order valence-electron chi connectivity index (χ4n) is 1.32. The van der Waals surface area contributed by atoms with Crippen molar-refractivity contribution in [2.45, 2.75) is 25.7 Å². The number of aliphatic carboxylic acids is 1. The molecule has 0 aromatic heterocycles. The Kier molecular flexibility index (Phi) is 5.59. The Morgan fingerprint density at radius 2 is 2.05 bits per heavy atom. The summed E-state index contributed by atoms with van der Waals surface area (Å²) < 4.78 is 4.83. The van der Waals surface area contributed by atoms with Crippen LogP contribution in [-0.4, -0.2) is 34.4 Å². The number of nitrogens with one attached hydrogen (secondary N) is 1. The molecule has 104 valence electrons. The van der Waals surface area contributed by atoms with Crippen LogP contribution in [0.5, 0.6) is 0 Å². The van der Waals surface area contributed by atoms with Crippen molar-refractivity contribution >= 4 is 23.7 Å². The van der Waals surface area contributed by atoms with E-state index in [9.17, 15) is 14.7 Å². The third-order valence-corrected chi connectivity index (χ3v) is 2.71. The van der Waals surface area contributed by atoms with E-state index in [1.807, 2.05) is 0 Å². The molecule has 0 saturated carbocycles. The van der Waals surface area contributed by atoms with E-state index in [1.165, 1.54) is 6.92 Å². The molecule has 0 aliphatic carbocycles. The molecule has 1 amide bonds. The van der Waals surface area contributed by atoms with Gasteiger partial charge < -0.3 is 20.3 Å². The highest BCUT2D eigenvalue weighted by molar-refractivity contribution is 6.31. The van der Waals surface area contributed by atoms with Crippen molar-refractivity contribution in [1.29, 1.82) is 0 Å². The van der Waals surface area contributed by atoms with Gasteiger partial charge in [0.25, 0.3) is 0 Å². The van der Waals surface area contributed by atoms with Gasteiger partial charge >= 0.3 is 12.1 Å². The van der Waals surface area contributed by atoms with Crippen molar-refractivity contribution in [2.24, 2.45) is 0 Å². The number of amides is 1. The summed E-state index contributed by atoms with van der Waals surface area (Å²) in [7, 11) is 0. The Hall–Kier alpha value is -1.79. The van der Waals surface area contributed by atoms with Gasteiger partial charge in [0.1, 0.15) is 6.61 Å². The maximum Gasteiger partial charge on any atom is 0.408 e. The number of rotatable bonds is 5. The van der Waals surface area contributed by atoms with Gasteiger partial charge in [-0.1, -0.05) is 29.8 Å². The van der Waals surface area contributed by atoms with E-state index in [0.29, 0.717) is 10.6 Å². The van der Waals surface area contributed by atoms with Gasteiger partial charge in [-0.15, -0.1) is 0 Å². The first-order valence-corrected chi connectivity index (χ1v) is 5.87. The van der Waals surface area contributed by atoms with E-state index in [1.54, 1.807) is 24.3 Å². The van der Waals surface area contributed by atoms with Gasteiger partial charge in [-0.2, -0.15) is 0 Å². The van der Waals surface area contributed by atoms with Crippen LogP contribution in [-0.2, 0) is 16.1 Å². The molecule has 0 aliphatic rings. The summed E-state index contributed by atoms with van der Waals surface area (Å²) in [5.74, 6) is -1.34. The molecule has 6 nitrogen and oxygen atoms in total. The number of carbonyl (C=O) groups excluding carboxylic acids is 1. The molecule has 1 rings (SSSR count). The van der Waals surface area contributed by atoms with Crippen molar-refractivity contribution in [3.8, 4) is 0 Å². The first-order chi connectivity index (χ1) is 8.91. The van der Waals surface area contributed by atoms with Crippen LogP contribution in [0.15, 0.2) is 24.3 Å². The van der Waals surface area contributed by atoms with E-state index in [-0.39, 0.29) is 6.61 Å². The summed E-state index contributed by atoms with van der Waals surface area (Å²) in [5, 5.41) is 20.5. The van der Waals surface area contributed by atoms with Gasteiger partial charge in [0.2, 0.25) is 0 Å². The number of ether oxygens (including phenoxy) is 1. The molecule has 0 bridgehead atoms. The predicted molar refractivity (Wildman–Crippen MR) is 67.9 cm³/mol. The highest BCUT2D eigenvalue weighted by Gasteiger charge is 2.25. The molecule has 0 fully saturated rings. The second-order valence-electron chi connectivity index (χ2n) is 3.87. The lowest BCUT2D eigenvalue weighted by Gasteiger charge is -2.16. The average molecular weight is 288 g/mol. The lowest BCUT2D eigenvalue weighted by Crippen LogP contribution is -2.47. The SMILES string of the molecule is C[C@@H](O)[C@H](NC(=O)OCc1ccccc1Cl)C(=O)O. The molecule has 3 N–H and O–H groups in total. The smallest absolute Gasteiger partial charge is 0.408 e. The first-order valence-electron chi connectivity index (χ1n) is 5.49. The summed E-state index contributed by atoms with van der Waals surface area (Å²) >= 11 is 5.87. The Morgan fingerprint density at radius 1 is 1.42 bits per heavy atom. The van der Waals surface area contributed by atoms with Gasteiger partial charge in [0, 0.05) is 10.6 Å². The molecule has 0 unspecified atom stereocenters. The van der Waals surface area contributed by atoms with E-state index in [2.05, 4.69) is 5.32 Å². The molecule has 0 radical (unpaired) electrons. The number of aliphatic hydroxyl groups excluding tert-OH is 1. The van der Waals surface area contributed by atoms with Gasteiger partial charge in [-0.25, -0.2) is 9.59 Å². The highest BCUT2D eigenvalue weighted by Crippen LogP contribution is 2.15. The summed E-state index contributed by atoms with van der Waals surface area (Å²) in [6.07, 6.45) is -2.17. The fraction of sp³-hybridized carbons (Fsp3) is 0.333. The minimum absolute atomic E-state index is 0.0857. The number of hydrogen-bond acceptors (Lipinski definition) is 4. The maximum atomic E-state index is 11.4. The number of hydrogen-bond donors (Lipinski definition) is 3. The van der Waals surface area contributed by atoms with Crippen molar-refractivity contribution in [3.63, 3.8) is 0 Å². The van der Waals surface area contributed by atoms with Crippen LogP contribution in [0.2, 0.25) is 5.02 Å². The molecule has 0 aliphatic heterocycles. The van der Waals surface area contributed by atoms with Crippen molar-refractivity contribution in [2.75, 3.05) is 0 Å². The zero-order chi connectivity index (χ0) is 14.4. The lowest BCUT2D eigenvalue weighted by atomic mass is 10.2. The van der Waals surface area contributed by atoms with Crippen LogP contribution in [0, 0.1) is 0 Å². The molecule has 0 heterocycles. The molecule has 7 heteroatoms. The van der Waals surface area contributed by atoms with Crippen LogP contribution in [0.1, 0.15) is 12.5 Å². The first kappa shape index (κ1) is 15.3. The lowest BCUT2D eigenvalue weighted by molar-refractivity contribution is -0.142. The van der Waals surface area contributed by atoms with E-state index in [0.717, 1.165) is 0 Å². The summed E-state index contributed by atoms with van der Waals surface area (Å²) in [6, 6.07) is 5.38. The number of carboxylic acids is 1. The second-order valence-corrected chi connectivity index (χ2v) is 4.28. The Labute approximate surface area is 114 Å². The summed E-state index contributed by atoms with van der Waals surface area (Å²) in [6.45, 7) is 1.17. The predicted octanol–water partition coefficient (Wildman–Crippen LogP) is 1.40. The molecular formula is C12H14ClNO5. The molecule has 19 heavy (non-hydrogen) atoms. The number of aliphatic hydroxyl groups is 1. The fourth-order valence-corrected chi connectivity index (χ4v) is 1.51. The van der Waals surface area contributed by atoms with Gasteiger partial charge in [0.15, 0.2) is 6.04 Å². The highest BCUT2D eigenvalue weighted by atomic mass is 35.5. The number of benzene rings is 1. The van der Waals surface area contributed by atoms with Crippen molar-refractivity contribution in [3.05, 3.63) is 34.9 Å². The molecule has 1 aromatic carbocycles. The van der Waals surface area contributed by atoms with Crippen molar-refractivity contribution < 1.29 is 24.5 Å². The minimum Gasteiger partial charge on any atom is -0.480 e. The normalized spacial score (nSPS) is 13.4. The molecular weight excluding hydrogens is 274 g/mol. The molecule has 1 aromatic rings. The third kappa shape index (κ3) is 4.76. The van der Waals surface area contributed by atoms with Gasteiger partial charge in [-0.05, 0) is 13.0 Å². The number of carboxylic acid groups (broad SMARTS) is 1. The average Bonchev–Trinajstić information content (AvgIpc) is 2.34. The molecule has 2 atom stereocenters. The van der Waals surface area contributed by atoms with Crippen LogP contribution in [0.4, 0.5) is 4.79 Å². The van der Waals surface area contributed by atoms with E-state index in [4.69, 9.17) is 21.4 Å². The topological polar surface area (TPSA) is 95.9 Å². The largest absolute Gasteiger partial charge is 0.480 e. The number of carbonyl (C=O) groups is 2. The van der Waals surface area contributed by atoms with E-state index < -0.39 is 24.2 Å². The summed E-state index contributed by atoms with van der Waals surface area (Å²) in [4.78, 5) is 22.1. The van der Waals surface area contributed by atoms with E-state index >= 15 is 0 Å². The monoisotopic (exact) mass is 287 g/mol. The van der Waals surface area contributed by atoms with Crippen molar-refractivity contribution in [1.82, 2.24) is 5.32 Å². The maximum absolute atomic E-state index is 11.4. The van der Waals surface area contributed by atoms with Gasteiger partial charge in [-0.3, -0.25) is 0 Å². The quantitative estimate of drug-likeness (QED) is 0.761. The zero-order valence-electron chi connectivity index (χ0n) is 10.2. The molecule has 0 spiro atoms. The summed E-state index contributed by atoms with van der Waals surface area (Å²) in [5.41, 5.74) is 0.600. The Balaban J connectivity index is 2.52. The minimum atomic E-state index is -1.42. The number of halogens is 1. The standard InChI is InChI=1S/C12H14ClNO5/c1-7(15)10(11(16)17)14-12(18)19-6-8-4-2-3-5-9(8)13/h2-5,7,10,15H,6H2,1H3,(H,14,18)(H,16,17)/t7-,10+/m1/s1. The van der Waals surface area contributed by atoms with Crippen LogP contribution in [0.25, 0.3) is 0 Å². The second kappa shape index (κ2) is 6.96. The van der Waals surface area contributed by atoms with Crippen LogP contribution in [0.3, 0.4) is 0 Å². The van der Waals surface area contributed by atoms with Crippen LogP contribution < -0.4 is 5.32 Å².